The second-order valence-corrected chi connectivity index (χ2v) is 9.33. The Hall–Kier alpha value is -1.46. The number of thioether (sulfide) groups is 1. The third-order valence-electron chi connectivity index (χ3n) is 4.31. The Morgan fingerprint density at radius 3 is 2.36 bits per heavy atom. The third kappa shape index (κ3) is 4.39. The van der Waals surface area contributed by atoms with E-state index in [0.717, 1.165) is 22.5 Å². The summed E-state index contributed by atoms with van der Waals surface area (Å²) in [5.74, 6) is 0.958. The summed E-state index contributed by atoms with van der Waals surface area (Å²) < 4.78 is 0.999. The quantitative estimate of drug-likeness (QED) is 0.645. The van der Waals surface area contributed by atoms with Crippen molar-refractivity contribution in [3.05, 3.63) is 64.1 Å². The molecule has 0 aliphatic carbocycles. The van der Waals surface area contributed by atoms with E-state index >= 15 is 0 Å². The first-order chi connectivity index (χ1) is 11.8. The first-order valence-electron chi connectivity index (χ1n) is 8.40. The van der Waals surface area contributed by atoms with Crippen molar-refractivity contribution in [2.75, 3.05) is 17.6 Å². The van der Waals surface area contributed by atoms with E-state index in [9.17, 15) is 4.79 Å². The number of hydrogen-bond donors (Lipinski definition) is 1. The maximum atomic E-state index is 12.7. The van der Waals surface area contributed by atoms with Crippen LogP contribution in [0.3, 0.4) is 0 Å². The lowest BCUT2D eigenvalue weighted by atomic mass is 9.87. The summed E-state index contributed by atoms with van der Waals surface area (Å²) in [6.07, 6.45) is 0. The fraction of sp³-hybridized carbons (Fsp3) is 0.350. The van der Waals surface area contributed by atoms with Gasteiger partial charge in [0.2, 0.25) is 0 Å². The van der Waals surface area contributed by atoms with E-state index in [2.05, 4.69) is 66.3 Å². The lowest BCUT2D eigenvalue weighted by Crippen LogP contribution is -2.34. The minimum absolute atomic E-state index is 0.0442. The van der Waals surface area contributed by atoms with Crippen LogP contribution in [0.1, 0.15) is 37.3 Å². The van der Waals surface area contributed by atoms with Crippen LogP contribution in [-0.2, 0) is 5.41 Å². The molecule has 1 aliphatic rings. The fourth-order valence-electron chi connectivity index (χ4n) is 2.83. The van der Waals surface area contributed by atoms with Crippen LogP contribution in [0.2, 0.25) is 0 Å². The van der Waals surface area contributed by atoms with Crippen molar-refractivity contribution in [3.8, 4) is 0 Å². The van der Waals surface area contributed by atoms with Crippen LogP contribution in [0, 0.1) is 0 Å². The molecule has 5 heteroatoms. The summed E-state index contributed by atoms with van der Waals surface area (Å²) in [4.78, 5) is 14.6. The number of carbonyl (C=O) groups excluding carboxylic acids is 1. The second-order valence-electron chi connectivity index (χ2n) is 7.23. The van der Waals surface area contributed by atoms with Gasteiger partial charge in [0.15, 0.2) is 0 Å². The van der Waals surface area contributed by atoms with E-state index < -0.39 is 0 Å². The molecule has 3 rings (SSSR count). The number of hydrogen-bond acceptors (Lipinski definition) is 2. The molecule has 0 bridgehead atoms. The number of urea groups is 1. The molecule has 3 nitrogen and oxygen atoms in total. The molecule has 1 N–H and O–H groups in total. The maximum absolute atomic E-state index is 12.7. The van der Waals surface area contributed by atoms with Crippen LogP contribution in [-0.4, -0.2) is 23.2 Å². The highest BCUT2D eigenvalue weighted by atomic mass is 79.9. The number of nitrogens with zero attached hydrogens (tertiary/aromatic N) is 1. The molecule has 1 saturated heterocycles. The van der Waals surface area contributed by atoms with Crippen LogP contribution >= 0.6 is 27.7 Å². The number of benzene rings is 2. The van der Waals surface area contributed by atoms with Crippen molar-refractivity contribution in [2.24, 2.45) is 0 Å². The van der Waals surface area contributed by atoms with Gasteiger partial charge in [0.25, 0.3) is 0 Å². The molecule has 1 atom stereocenters. The molecule has 0 unspecified atom stereocenters. The lowest BCUT2D eigenvalue weighted by Gasteiger charge is -2.25. The van der Waals surface area contributed by atoms with Gasteiger partial charge in [0.05, 0.1) is 0 Å². The van der Waals surface area contributed by atoms with Crippen molar-refractivity contribution in [2.45, 2.75) is 31.6 Å². The van der Waals surface area contributed by atoms with Crippen molar-refractivity contribution in [3.63, 3.8) is 0 Å². The molecule has 2 aromatic carbocycles. The Bertz CT molecular complexity index is 738. The third-order valence-corrected chi connectivity index (χ3v) is 6.10. The van der Waals surface area contributed by atoms with E-state index in [-0.39, 0.29) is 16.8 Å². The van der Waals surface area contributed by atoms with Gasteiger partial charge in [-0.1, -0.05) is 61.0 Å². The van der Waals surface area contributed by atoms with Gasteiger partial charge in [-0.2, -0.15) is 0 Å². The van der Waals surface area contributed by atoms with Gasteiger partial charge in [-0.15, -0.1) is 11.8 Å². The highest BCUT2D eigenvalue weighted by Crippen LogP contribution is 2.38. The molecule has 1 heterocycles. The van der Waals surface area contributed by atoms with Gasteiger partial charge < -0.3 is 10.2 Å². The molecular weight excluding hydrogens is 396 g/mol. The molecule has 2 aromatic rings. The van der Waals surface area contributed by atoms with Crippen LogP contribution in [0.25, 0.3) is 0 Å². The number of nitrogens with one attached hydrogen (secondary N) is 1. The molecular formula is C20H23BrN2OS. The predicted molar refractivity (Wildman–Crippen MR) is 110 cm³/mol. The molecule has 0 saturated carbocycles. The Morgan fingerprint density at radius 2 is 1.76 bits per heavy atom. The zero-order valence-electron chi connectivity index (χ0n) is 14.8. The lowest BCUT2D eigenvalue weighted by molar-refractivity contribution is 0.214. The molecule has 1 aliphatic heterocycles. The topological polar surface area (TPSA) is 32.3 Å². The van der Waals surface area contributed by atoms with Crippen LogP contribution in [0.4, 0.5) is 10.5 Å². The molecule has 132 valence electrons. The zero-order valence-corrected chi connectivity index (χ0v) is 17.2. The van der Waals surface area contributed by atoms with Gasteiger partial charge in [-0.3, -0.25) is 0 Å². The van der Waals surface area contributed by atoms with Gasteiger partial charge in [0.1, 0.15) is 5.37 Å². The van der Waals surface area contributed by atoms with E-state index in [4.69, 9.17) is 0 Å². The van der Waals surface area contributed by atoms with Crippen molar-refractivity contribution in [1.82, 2.24) is 4.90 Å². The predicted octanol–water partition coefficient (Wildman–Crippen LogP) is 6.03. The Morgan fingerprint density at radius 1 is 1.12 bits per heavy atom. The molecule has 0 spiro atoms. The second kappa shape index (κ2) is 7.42. The van der Waals surface area contributed by atoms with E-state index in [1.165, 1.54) is 11.1 Å². The summed E-state index contributed by atoms with van der Waals surface area (Å²) in [7, 11) is 0. The summed E-state index contributed by atoms with van der Waals surface area (Å²) in [5.41, 5.74) is 3.44. The average Bonchev–Trinajstić information content (AvgIpc) is 3.06. The van der Waals surface area contributed by atoms with Gasteiger partial charge in [-0.25, -0.2) is 4.79 Å². The molecule has 0 radical (unpaired) electrons. The number of anilines is 1. The van der Waals surface area contributed by atoms with Crippen LogP contribution in [0.5, 0.6) is 0 Å². The molecule has 25 heavy (non-hydrogen) atoms. The first kappa shape index (κ1) is 18.3. The Balaban J connectivity index is 1.73. The number of amides is 2. The Kier molecular flexibility index (Phi) is 5.44. The average molecular weight is 419 g/mol. The minimum atomic E-state index is -0.0442. The number of carbonyl (C=O) groups is 1. The van der Waals surface area contributed by atoms with Gasteiger partial charge in [-0.05, 0) is 40.8 Å². The van der Waals surface area contributed by atoms with Crippen molar-refractivity contribution < 1.29 is 4.79 Å². The normalized spacial score (nSPS) is 17.6. The number of rotatable bonds is 2. The molecule has 0 aromatic heterocycles. The van der Waals surface area contributed by atoms with Crippen molar-refractivity contribution in [1.29, 1.82) is 0 Å². The highest BCUT2D eigenvalue weighted by Gasteiger charge is 2.31. The first-order valence-corrected chi connectivity index (χ1v) is 10.2. The van der Waals surface area contributed by atoms with E-state index in [1.54, 1.807) is 0 Å². The maximum Gasteiger partial charge on any atom is 0.323 e. The minimum Gasteiger partial charge on any atom is -0.308 e. The SMILES string of the molecule is CC(C)(C)c1ccc([C@H]2SCCN2C(=O)Nc2ccc(Br)cc2)cc1. The highest BCUT2D eigenvalue weighted by molar-refractivity contribution is 9.10. The van der Waals surface area contributed by atoms with Gasteiger partial charge >= 0.3 is 6.03 Å². The van der Waals surface area contributed by atoms with E-state index in [0.29, 0.717) is 0 Å². The standard InChI is InChI=1S/C20H23BrN2OS/c1-20(2,3)15-6-4-14(5-7-15)18-23(12-13-25-18)19(24)22-17-10-8-16(21)9-11-17/h4-11,18H,12-13H2,1-3H3,(H,22,24)/t18-/m1/s1. The van der Waals surface area contributed by atoms with Crippen LogP contribution in [0.15, 0.2) is 53.0 Å². The zero-order chi connectivity index (χ0) is 18.0. The molecule has 1 fully saturated rings. The Labute approximate surface area is 162 Å². The van der Waals surface area contributed by atoms with Gasteiger partial charge in [0, 0.05) is 22.5 Å². The summed E-state index contributed by atoms with van der Waals surface area (Å²) >= 11 is 5.23. The monoisotopic (exact) mass is 418 g/mol. The fourth-order valence-corrected chi connectivity index (χ4v) is 4.35. The smallest absolute Gasteiger partial charge is 0.308 e. The molecule has 2 amide bonds. The van der Waals surface area contributed by atoms with Crippen molar-refractivity contribution >= 4 is 39.4 Å². The largest absolute Gasteiger partial charge is 0.323 e. The summed E-state index contributed by atoms with van der Waals surface area (Å²) in [5, 5.41) is 3.07. The summed E-state index contributed by atoms with van der Waals surface area (Å²) in [6, 6.07) is 16.3. The van der Waals surface area contributed by atoms with E-state index in [1.807, 2.05) is 40.9 Å². The summed E-state index contributed by atoms with van der Waals surface area (Å²) in [6.45, 7) is 7.40. The van der Waals surface area contributed by atoms with Crippen LogP contribution < -0.4 is 5.32 Å². The number of halogens is 1.